The van der Waals surface area contributed by atoms with Crippen LogP contribution in [0.2, 0.25) is 0 Å². The van der Waals surface area contributed by atoms with Gasteiger partial charge in [0.15, 0.2) is 0 Å². The average molecular weight is 262 g/mol. The summed E-state index contributed by atoms with van der Waals surface area (Å²) in [6.07, 6.45) is 3.72. The van der Waals surface area contributed by atoms with Crippen molar-refractivity contribution in [2.24, 2.45) is 0 Å². The first kappa shape index (κ1) is 11.3. The second-order valence-corrected chi connectivity index (χ2v) is 5.64. The van der Waals surface area contributed by atoms with Crippen LogP contribution in [0.1, 0.15) is 20.4 Å². The van der Waals surface area contributed by atoms with E-state index in [4.69, 9.17) is 5.73 Å². The standard InChI is InChI=1S/C12H14N4OS/c1-8-9(13)6-10(18-8)12(17)16-5-4-15-3-2-14-11(15)7-16/h2-3,6H,4-5,7,13H2,1H3. The Hall–Kier alpha value is -1.82. The Morgan fingerprint density at radius 3 is 3.06 bits per heavy atom. The van der Waals surface area contributed by atoms with Gasteiger partial charge in [0.25, 0.3) is 5.91 Å². The van der Waals surface area contributed by atoms with E-state index in [-0.39, 0.29) is 5.91 Å². The first-order valence-electron chi connectivity index (χ1n) is 5.80. The van der Waals surface area contributed by atoms with Crippen molar-refractivity contribution in [3.8, 4) is 0 Å². The third kappa shape index (κ3) is 1.78. The molecule has 1 amide bonds. The Morgan fingerprint density at radius 2 is 2.33 bits per heavy atom. The zero-order valence-electron chi connectivity index (χ0n) is 10.1. The molecule has 3 heterocycles. The summed E-state index contributed by atoms with van der Waals surface area (Å²) in [5, 5.41) is 0. The number of thiophene rings is 1. The van der Waals surface area contributed by atoms with Crippen molar-refractivity contribution in [2.75, 3.05) is 12.3 Å². The third-order valence-electron chi connectivity index (χ3n) is 3.20. The number of amides is 1. The minimum absolute atomic E-state index is 0.0500. The molecule has 0 unspecified atom stereocenters. The monoisotopic (exact) mass is 262 g/mol. The number of fused-ring (bicyclic) bond motifs is 1. The lowest BCUT2D eigenvalue weighted by molar-refractivity contribution is 0.0712. The number of nitrogen functional groups attached to an aromatic ring is 1. The van der Waals surface area contributed by atoms with Gasteiger partial charge in [-0.1, -0.05) is 0 Å². The number of aromatic nitrogens is 2. The second kappa shape index (κ2) is 4.13. The molecule has 0 spiro atoms. The fourth-order valence-electron chi connectivity index (χ4n) is 2.10. The molecular weight excluding hydrogens is 248 g/mol. The van der Waals surface area contributed by atoms with Crippen LogP contribution in [-0.4, -0.2) is 26.9 Å². The van der Waals surface area contributed by atoms with Gasteiger partial charge < -0.3 is 15.2 Å². The lowest BCUT2D eigenvalue weighted by Gasteiger charge is -2.27. The maximum atomic E-state index is 12.3. The molecule has 3 rings (SSSR count). The van der Waals surface area contributed by atoms with Crippen molar-refractivity contribution >= 4 is 22.9 Å². The fourth-order valence-corrected chi connectivity index (χ4v) is 3.01. The van der Waals surface area contributed by atoms with Gasteiger partial charge >= 0.3 is 0 Å². The molecule has 0 atom stereocenters. The Bertz CT molecular complexity index is 581. The summed E-state index contributed by atoms with van der Waals surface area (Å²) < 4.78 is 2.08. The summed E-state index contributed by atoms with van der Waals surface area (Å²) in [6, 6.07) is 1.77. The SMILES string of the molecule is Cc1sc(C(=O)N2CCn3ccnc3C2)cc1N. The maximum Gasteiger partial charge on any atom is 0.264 e. The second-order valence-electron chi connectivity index (χ2n) is 4.39. The highest BCUT2D eigenvalue weighted by atomic mass is 32.1. The van der Waals surface area contributed by atoms with E-state index in [9.17, 15) is 4.79 Å². The van der Waals surface area contributed by atoms with E-state index in [2.05, 4.69) is 9.55 Å². The normalized spacial score (nSPS) is 14.6. The number of aryl methyl sites for hydroxylation is 1. The van der Waals surface area contributed by atoms with Crippen molar-refractivity contribution in [3.05, 3.63) is 34.0 Å². The zero-order chi connectivity index (χ0) is 12.7. The number of rotatable bonds is 1. The van der Waals surface area contributed by atoms with Gasteiger partial charge in [-0.3, -0.25) is 4.79 Å². The molecule has 94 valence electrons. The van der Waals surface area contributed by atoms with Gasteiger partial charge in [0.1, 0.15) is 5.82 Å². The number of nitrogens with zero attached hydrogens (tertiary/aromatic N) is 3. The van der Waals surface area contributed by atoms with E-state index in [0.717, 1.165) is 23.8 Å². The lowest BCUT2D eigenvalue weighted by atomic mass is 10.3. The Balaban J connectivity index is 1.82. The average Bonchev–Trinajstić information content (AvgIpc) is 2.95. The van der Waals surface area contributed by atoms with E-state index < -0.39 is 0 Å². The fraction of sp³-hybridized carbons (Fsp3) is 0.333. The number of hydrogen-bond acceptors (Lipinski definition) is 4. The van der Waals surface area contributed by atoms with Gasteiger partial charge in [0, 0.05) is 36.0 Å². The first-order valence-corrected chi connectivity index (χ1v) is 6.62. The van der Waals surface area contributed by atoms with Crippen molar-refractivity contribution in [2.45, 2.75) is 20.0 Å². The summed E-state index contributed by atoms with van der Waals surface area (Å²) in [5.74, 6) is 0.991. The number of nitrogens with two attached hydrogens (primary N) is 1. The third-order valence-corrected chi connectivity index (χ3v) is 4.25. The molecule has 0 radical (unpaired) electrons. The largest absolute Gasteiger partial charge is 0.398 e. The van der Waals surface area contributed by atoms with E-state index in [1.54, 1.807) is 12.3 Å². The van der Waals surface area contributed by atoms with E-state index >= 15 is 0 Å². The molecule has 0 aliphatic carbocycles. The molecule has 1 aliphatic rings. The zero-order valence-corrected chi connectivity index (χ0v) is 10.9. The van der Waals surface area contributed by atoms with Gasteiger partial charge in [-0.2, -0.15) is 0 Å². The summed E-state index contributed by atoms with van der Waals surface area (Å²) in [7, 11) is 0. The number of carbonyl (C=O) groups is 1. The molecule has 1 aliphatic heterocycles. The van der Waals surface area contributed by atoms with Crippen LogP contribution in [0, 0.1) is 6.92 Å². The molecule has 2 aromatic heterocycles. The molecule has 0 saturated heterocycles. The lowest BCUT2D eigenvalue weighted by Crippen LogP contribution is -2.37. The molecule has 6 heteroatoms. The molecule has 5 nitrogen and oxygen atoms in total. The minimum atomic E-state index is 0.0500. The number of hydrogen-bond donors (Lipinski definition) is 1. The van der Waals surface area contributed by atoms with Crippen molar-refractivity contribution in [3.63, 3.8) is 0 Å². The molecule has 2 N–H and O–H groups in total. The summed E-state index contributed by atoms with van der Waals surface area (Å²) >= 11 is 1.46. The van der Waals surface area contributed by atoms with Gasteiger partial charge in [-0.15, -0.1) is 11.3 Å². The number of carbonyl (C=O) groups excluding carboxylic acids is 1. The van der Waals surface area contributed by atoms with Crippen LogP contribution >= 0.6 is 11.3 Å². The number of anilines is 1. The summed E-state index contributed by atoms with van der Waals surface area (Å²) in [6.45, 7) is 4.03. The maximum absolute atomic E-state index is 12.3. The first-order chi connectivity index (χ1) is 8.65. The van der Waals surface area contributed by atoms with Gasteiger partial charge in [0.2, 0.25) is 0 Å². The van der Waals surface area contributed by atoms with Crippen LogP contribution < -0.4 is 5.73 Å². The van der Waals surface area contributed by atoms with Crippen molar-refractivity contribution < 1.29 is 4.79 Å². The van der Waals surface area contributed by atoms with Crippen LogP contribution in [0.15, 0.2) is 18.5 Å². The minimum Gasteiger partial charge on any atom is -0.398 e. The molecule has 0 fully saturated rings. The van der Waals surface area contributed by atoms with Crippen molar-refractivity contribution in [1.29, 1.82) is 0 Å². The topological polar surface area (TPSA) is 64.2 Å². The highest BCUT2D eigenvalue weighted by Crippen LogP contribution is 2.25. The van der Waals surface area contributed by atoms with Crippen LogP contribution in [-0.2, 0) is 13.1 Å². The van der Waals surface area contributed by atoms with Gasteiger partial charge in [-0.05, 0) is 13.0 Å². The Morgan fingerprint density at radius 1 is 1.50 bits per heavy atom. The molecule has 0 aromatic carbocycles. The summed E-state index contributed by atoms with van der Waals surface area (Å²) in [4.78, 5) is 20.1. The summed E-state index contributed by atoms with van der Waals surface area (Å²) in [5.41, 5.74) is 6.49. The van der Waals surface area contributed by atoms with Crippen molar-refractivity contribution in [1.82, 2.24) is 14.5 Å². The highest BCUT2D eigenvalue weighted by molar-refractivity contribution is 7.14. The highest BCUT2D eigenvalue weighted by Gasteiger charge is 2.23. The van der Waals surface area contributed by atoms with E-state index in [1.807, 2.05) is 18.0 Å². The van der Waals surface area contributed by atoms with Crippen LogP contribution in [0.25, 0.3) is 0 Å². The van der Waals surface area contributed by atoms with Crippen LogP contribution in [0.3, 0.4) is 0 Å². The van der Waals surface area contributed by atoms with Crippen LogP contribution in [0.5, 0.6) is 0 Å². The quantitative estimate of drug-likeness (QED) is 0.847. The predicted octanol–water partition coefficient (Wildman–Crippen LogP) is 1.49. The Kier molecular flexibility index (Phi) is 2.59. The van der Waals surface area contributed by atoms with E-state index in [0.29, 0.717) is 17.1 Å². The molecule has 0 bridgehead atoms. The number of imidazole rings is 1. The van der Waals surface area contributed by atoms with E-state index in [1.165, 1.54) is 11.3 Å². The molecule has 2 aromatic rings. The molecule has 0 saturated carbocycles. The molecular formula is C12H14N4OS. The smallest absolute Gasteiger partial charge is 0.264 e. The van der Waals surface area contributed by atoms with Gasteiger partial charge in [-0.25, -0.2) is 4.98 Å². The van der Waals surface area contributed by atoms with Crippen LogP contribution in [0.4, 0.5) is 5.69 Å². The predicted molar refractivity (Wildman–Crippen MR) is 70.4 cm³/mol. The van der Waals surface area contributed by atoms with Gasteiger partial charge in [0.05, 0.1) is 11.4 Å². The molecule has 18 heavy (non-hydrogen) atoms. The Labute approximate surface area is 109 Å².